The third-order valence-electron chi connectivity index (χ3n) is 2.20. The van der Waals surface area contributed by atoms with Crippen LogP contribution in [0.1, 0.15) is 22.8 Å². The number of non-ortho nitro benzene ring substituents is 1. The first kappa shape index (κ1) is 12.6. The molecule has 0 bridgehead atoms. The number of aliphatic hydroxyl groups is 1. The summed E-state index contributed by atoms with van der Waals surface area (Å²) in [5.41, 5.74) is -0.453. The molecule has 0 aliphatic rings. The summed E-state index contributed by atoms with van der Waals surface area (Å²) in [5, 5.41) is 37.4. The Morgan fingerprint density at radius 1 is 1.59 bits per heavy atom. The van der Waals surface area contributed by atoms with E-state index in [1.54, 1.807) is 6.07 Å². The Balaban J connectivity index is 3.50. The fourth-order valence-electron chi connectivity index (χ4n) is 1.40. The van der Waals surface area contributed by atoms with Gasteiger partial charge in [-0.15, -0.1) is 0 Å². The third-order valence-corrected chi connectivity index (χ3v) is 2.20. The van der Waals surface area contributed by atoms with Crippen LogP contribution >= 0.6 is 0 Å². The van der Waals surface area contributed by atoms with Crippen molar-refractivity contribution in [2.45, 2.75) is 13.0 Å². The lowest BCUT2D eigenvalue weighted by molar-refractivity contribution is -0.385. The van der Waals surface area contributed by atoms with Crippen LogP contribution in [0, 0.1) is 28.4 Å². The summed E-state index contributed by atoms with van der Waals surface area (Å²) < 4.78 is 0. The van der Waals surface area contributed by atoms with E-state index in [-0.39, 0.29) is 22.4 Å². The molecular weight excluding hydrogens is 228 g/mol. The average Bonchev–Trinajstić information content (AvgIpc) is 2.26. The molecule has 0 spiro atoms. The van der Waals surface area contributed by atoms with Gasteiger partial charge in [-0.1, -0.05) is 0 Å². The first-order valence-corrected chi connectivity index (χ1v) is 4.48. The number of nitriles is 1. The van der Waals surface area contributed by atoms with Crippen LogP contribution in [-0.4, -0.2) is 21.1 Å². The van der Waals surface area contributed by atoms with Crippen molar-refractivity contribution in [2.75, 3.05) is 0 Å². The molecule has 88 valence electrons. The molecule has 0 heterocycles. The number of aliphatic carboxylic acids is 1. The van der Waals surface area contributed by atoms with E-state index in [1.807, 2.05) is 0 Å². The SMILES string of the molecule is Cc1cc([N+](=O)[O-])cc(C(O)C(=O)O)c1C#N. The fraction of sp³-hybridized carbons (Fsp3) is 0.200. The standard InChI is InChI=1S/C10H8N2O5/c1-5-2-6(12(16)17)3-7(8(5)4-11)9(13)10(14)15/h2-3,9,13H,1H3,(H,14,15). The average molecular weight is 236 g/mol. The highest BCUT2D eigenvalue weighted by Crippen LogP contribution is 2.26. The number of nitro benzene ring substituents is 1. The van der Waals surface area contributed by atoms with Gasteiger partial charge in [0, 0.05) is 17.7 Å². The first-order valence-electron chi connectivity index (χ1n) is 4.48. The molecule has 1 aromatic carbocycles. The predicted molar refractivity (Wildman–Crippen MR) is 55.1 cm³/mol. The van der Waals surface area contributed by atoms with Gasteiger partial charge in [0.15, 0.2) is 6.10 Å². The van der Waals surface area contributed by atoms with Crippen molar-refractivity contribution in [3.8, 4) is 6.07 Å². The van der Waals surface area contributed by atoms with Gasteiger partial charge in [-0.05, 0) is 12.5 Å². The van der Waals surface area contributed by atoms with E-state index in [2.05, 4.69) is 0 Å². The maximum Gasteiger partial charge on any atom is 0.337 e. The van der Waals surface area contributed by atoms with Crippen molar-refractivity contribution in [3.63, 3.8) is 0 Å². The van der Waals surface area contributed by atoms with E-state index < -0.39 is 17.0 Å². The van der Waals surface area contributed by atoms with Crippen LogP contribution in [0.25, 0.3) is 0 Å². The lowest BCUT2D eigenvalue weighted by Crippen LogP contribution is -2.13. The molecule has 1 aromatic rings. The third kappa shape index (κ3) is 2.38. The quantitative estimate of drug-likeness (QED) is 0.593. The minimum absolute atomic E-state index is 0.0644. The number of hydrogen-bond donors (Lipinski definition) is 2. The number of aliphatic hydroxyl groups excluding tert-OH is 1. The normalized spacial score (nSPS) is 11.6. The zero-order chi connectivity index (χ0) is 13.2. The molecule has 0 saturated carbocycles. The molecule has 1 unspecified atom stereocenters. The molecule has 0 amide bonds. The second-order valence-corrected chi connectivity index (χ2v) is 3.34. The molecule has 0 aliphatic heterocycles. The molecule has 7 heteroatoms. The molecule has 0 aromatic heterocycles. The summed E-state index contributed by atoms with van der Waals surface area (Å²) in [6, 6.07) is 3.76. The number of benzene rings is 1. The number of rotatable bonds is 3. The maximum absolute atomic E-state index is 10.6. The Morgan fingerprint density at radius 2 is 2.18 bits per heavy atom. The molecule has 1 atom stereocenters. The molecule has 0 aliphatic carbocycles. The number of carbonyl (C=O) groups is 1. The van der Waals surface area contributed by atoms with Gasteiger partial charge < -0.3 is 10.2 Å². The Hall–Kier alpha value is -2.46. The minimum Gasteiger partial charge on any atom is -0.479 e. The summed E-state index contributed by atoms with van der Waals surface area (Å²) >= 11 is 0. The van der Waals surface area contributed by atoms with Crippen molar-refractivity contribution < 1.29 is 19.9 Å². The second kappa shape index (κ2) is 4.59. The summed E-state index contributed by atoms with van der Waals surface area (Å²) in [7, 11) is 0. The largest absolute Gasteiger partial charge is 0.479 e. The number of carboxylic acid groups (broad SMARTS) is 1. The van der Waals surface area contributed by atoms with Gasteiger partial charge in [-0.2, -0.15) is 5.26 Å². The van der Waals surface area contributed by atoms with Crippen LogP contribution < -0.4 is 0 Å². The number of carboxylic acids is 1. The van der Waals surface area contributed by atoms with Gasteiger partial charge in [0.05, 0.1) is 16.6 Å². The van der Waals surface area contributed by atoms with Crippen LogP contribution in [0.3, 0.4) is 0 Å². The van der Waals surface area contributed by atoms with Crippen molar-refractivity contribution in [1.82, 2.24) is 0 Å². The van der Waals surface area contributed by atoms with Crippen LogP contribution in [0.5, 0.6) is 0 Å². The van der Waals surface area contributed by atoms with Gasteiger partial charge >= 0.3 is 5.97 Å². The minimum atomic E-state index is -1.96. The van der Waals surface area contributed by atoms with E-state index in [0.29, 0.717) is 0 Å². The highest BCUT2D eigenvalue weighted by atomic mass is 16.6. The van der Waals surface area contributed by atoms with Gasteiger partial charge in [-0.3, -0.25) is 10.1 Å². The Morgan fingerprint density at radius 3 is 2.59 bits per heavy atom. The summed E-state index contributed by atoms with van der Waals surface area (Å²) in [4.78, 5) is 20.5. The summed E-state index contributed by atoms with van der Waals surface area (Å²) in [6.07, 6.45) is -1.96. The van der Waals surface area contributed by atoms with E-state index in [0.717, 1.165) is 12.1 Å². The monoisotopic (exact) mass is 236 g/mol. The fourth-order valence-corrected chi connectivity index (χ4v) is 1.40. The maximum atomic E-state index is 10.6. The zero-order valence-corrected chi connectivity index (χ0v) is 8.75. The Kier molecular flexibility index (Phi) is 3.40. The molecule has 0 radical (unpaired) electrons. The number of hydrogen-bond acceptors (Lipinski definition) is 5. The Bertz CT molecular complexity index is 532. The van der Waals surface area contributed by atoms with Crippen molar-refractivity contribution in [1.29, 1.82) is 5.26 Å². The van der Waals surface area contributed by atoms with E-state index >= 15 is 0 Å². The van der Waals surface area contributed by atoms with Crippen LogP contribution in [0.15, 0.2) is 12.1 Å². The smallest absolute Gasteiger partial charge is 0.337 e. The molecule has 1 rings (SSSR count). The van der Waals surface area contributed by atoms with E-state index in [9.17, 15) is 20.0 Å². The second-order valence-electron chi connectivity index (χ2n) is 3.34. The lowest BCUT2D eigenvalue weighted by Gasteiger charge is -2.09. The molecular formula is C10H8N2O5. The van der Waals surface area contributed by atoms with Crippen LogP contribution in [-0.2, 0) is 4.79 Å². The highest BCUT2D eigenvalue weighted by Gasteiger charge is 2.24. The lowest BCUT2D eigenvalue weighted by atomic mass is 9.98. The van der Waals surface area contributed by atoms with Gasteiger partial charge in [-0.25, -0.2) is 4.79 Å². The molecule has 17 heavy (non-hydrogen) atoms. The van der Waals surface area contributed by atoms with Crippen LogP contribution in [0.4, 0.5) is 5.69 Å². The Labute approximate surface area is 95.7 Å². The highest BCUT2D eigenvalue weighted by molar-refractivity contribution is 5.76. The van der Waals surface area contributed by atoms with Gasteiger partial charge in [0.25, 0.3) is 5.69 Å². The van der Waals surface area contributed by atoms with Crippen molar-refractivity contribution in [2.24, 2.45) is 0 Å². The number of aryl methyl sites for hydroxylation is 1. The summed E-state index contributed by atoms with van der Waals surface area (Å²) in [5.74, 6) is -1.57. The molecule has 7 nitrogen and oxygen atoms in total. The topological polar surface area (TPSA) is 124 Å². The zero-order valence-electron chi connectivity index (χ0n) is 8.75. The van der Waals surface area contributed by atoms with Crippen LogP contribution in [0.2, 0.25) is 0 Å². The van der Waals surface area contributed by atoms with Crippen molar-refractivity contribution in [3.05, 3.63) is 38.9 Å². The predicted octanol–water partition coefficient (Wildman–Crippen LogP) is 0.893. The van der Waals surface area contributed by atoms with E-state index in [1.165, 1.54) is 6.92 Å². The van der Waals surface area contributed by atoms with Gasteiger partial charge in [0.2, 0.25) is 0 Å². The van der Waals surface area contributed by atoms with E-state index in [4.69, 9.17) is 10.4 Å². The molecule has 0 fully saturated rings. The number of nitro groups is 1. The molecule has 0 saturated heterocycles. The first-order chi connectivity index (χ1) is 7.88. The van der Waals surface area contributed by atoms with Gasteiger partial charge in [0.1, 0.15) is 0 Å². The molecule has 2 N–H and O–H groups in total. The number of nitrogens with zero attached hydrogens (tertiary/aromatic N) is 2. The summed E-state index contributed by atoms with van der Waals surface area (Å²) in [6.45, 7) is 1.43. The van der Waals surface area contributed by atoms with Crippen molar-refractivity contribution >= 4 is 11.7 Å².